The highest BCUT2D eigenvalue weighted by Crippen LogP contribution is 2.36. The molecule has 6 atom stereocenters. The minimum Gasteiger partial charge on any atom is -0.387 e. The van der Waals surface area contributed by atoms with Gasteiger partial charge in [0, 0.05) is 12.7 Å². The summed E-state index contributed by atoms with van der Waals surface area (Å²) in [6, 6.07) is 15.5. The van der Waals surface area contributed by atoms with Gasteiger partial charge in [-0.15, -0.1) is 0 Å². The zero-order valence-corrected chi connectivity index (χ0v) is 17.4. The molecule has 2 aliphatic heterocycles. The summed E-state index contributed by atoms with van der Waals surface area (Å²) in [5, 5.41) is 11.0. The maximum absolute atomic E-state index is 12.8. The van der Waals surface area contributed by atoms with Crippen molar-refractivity contribution in [3.63, 3.8) is 0 Å². The van der Waals surface area contributed by atoms with Gasteiger partial charge in [0.1, 0.15) is 18.3 Å². The molecule has 0 saturated carbocycles. The molecule has 2 heterocycles. The minimum absolute atomic E-state index is 0.0210. The summed E-state index contributed by atoms with van der Waals surface area (Å²) in [4.78, 5) is -0.0210. The number of aliphatic hydroxyl groups excluding tert-OH is 1. The lowest BCUT2D eigenvalue weighted by Gasteiger charge is -2.46. The fraction of sp³-hybridized carbons (Fsp3) is 0.429. The second-order valence-electron chi connectivity index (χ2n) is 7.27. The molecular weight excluding hydrogens is 412 g/mol. The number of benzene rings is 2. The molecule has 9 heteroatoms. The van der Waals surface area contributed by atoms with Crippen molar-refractivity contribution in [1.82, 2.24) is 0 Å². The Labute approximate surface area is 175 Å². The van der Waals surface area contributed by atoms with Crippen LogP contribution >= 0.6 is 0 Å². The van der Waals surface area contributed by atoms with E-state index in [0.29, 0.717) is 0 Å². The van der Waals surface area contributed by atoms with Crippen molar-refractivity contribution in [2.45, 2.75) is 48.8 Å². The van der Waals surface area contributed by atoms with Gasteiger partial charge in [0.25, 0.3) is 10.1 Å². The van der Waals surface area contributed by atoms with Gasteiger partial charge in [-0.3, -0.25) is 4.18 Å². The third-order valence-corrected chi connectivity index (χ3v) is 6.49. The largest absolute Gasteiger partial charge is 0.387 e. The van der Waals surface area contributed by atoms with Gasteiger partial charge in [-0.1, -0.05) is 48.0 Å². The number of fused-ring (bicyclic) bond motifs is 1. The quantitative estimate of drug-likeness (QED) is 0.710. The maximum atomic E-state index is 12.8. The van der Waals surface area contributed by atoms with Gasteiger partial charge in [0.05, 0.1) is 11.5 Å². The lowest BCUT2D eigenvalue weighted by molar-refractivity contribution is -0.354. The number of hydrogen-bond acceptors (Lipinski definition) is 8. The number of rotatable bonds is 5. The third-order valence-electron chi connectivity index (χ3n) is 5.16. The van der Waals surface area contributed by atoms with Gasteiger partial charge < -0.3 is 24.1 Å². The van der Waals surface area contributed by atoms with E-state index in [1.165, 1.54) is 19.2 Å². The molecule has 0 radical (unpaired) electrons. The predicted octanol–water partition coefficient (Wildman–Crippen LogP) is 1.92. The standard InChI is InChI=1S/C21H24O8S/c1-13-8-10-15(11-9-13)30(23,24)29-19-17(22)18-16(27-21(19)25-2)12-26-20(28-18)14-6-4-3-5-7-14/h3-11,16-22H,12H2,1-2H3/t16-,17-,18+,19+,20+,21-/m1/s1. The van der Waals surface area contributed by atoms with Gasteiger partial charge in [-0.05, 0) is 19.1 Å². The highest BCUT2D eigenvalue weighted by atomic mass is 32.2. The Balaban J connectivity index is 1.55. The van der Waals surface area contributed by atoms with Crippen molar-refractivity contribution in [2.75, 3.05) is 13.7 Å². The molecule has 2 aromatic carbocycles. The first-order valence-corrected chi connectivity index (χ1v) is 11.0. The Morgan fingerprint density at radius 3 is 2.40 bits per heavy atom. The fourth-order valence-electron chi connectivity index (χ4n) is 3.55. The molecule has 0 aliphatic carbocycles. The Hall–Kier alpha value is -1.85. The first-order valence-electron chi connectivity index (χ1n) is 9.57. The van der Waals surface area contributed by atoms with Crippen molar-refractivity contribution in [1.29, 1.82) is 0 Å². The lowest BCUT2D eigenvalue weighted by atomic mass is 9.98. The van der Waals surface area contributed by atoms with Crippen LogP contribution in [0.5, 0.6) is 0 Å². The van der Waals surface area contributed by atoms with E-state index in [1.807, 2.05) is 37.3 Å². The van der Waals surface area contributed by atoms with Crippen LogP contribution in [0.2, 0.25) is 0 Å². The first kappa shape index (κ1) is 21.4. The minimum atomic E-state index is -4.16. The zero-order valence-electron chi connectivity index (χ0n) is 16.6. The van der Waals surface area contributed by atoms with Crippen LogP contribution in [0, 0.1) is 6.92 Å². The number of hydrogen-bond donors (Lipinski definition) is 1. The van der Waals surface area contributed by atoms with E-state index in [2.05, 4.69) is 0 Å². The molecule has 0 bridgehead atoms. The maximum Gasteiger partial charge on any atom is 0.297 e. The molecule has 2 aliphatic rings. The highest BCUT2D eigenvalue weighted by molar-refractivity contribution is 7.86. The summed E-state index contributed by atoms with van der Waals surface area (Å²) in [7, 11) is -2.81. The van der Waals surface area contributed by atoms with Crippen LogP contribution in [0.15, 0.2) is 59.5 Å². The van der Waals surface area contributed by atoms with Crippen molar-refractivity contribution >= 4 is 10.1 Å². The van der Waals surface area contributed by atoms with Crippen LogP contribution in [0.1, 0.15) is 17.4 Å². The van der Waals surface area contributed by atoms with E-state index in [1.54, 1.807) is 12.1 Å². The third kappa shape index (κ3) is 4.28. The highest BCUT2D eigenvalue weighted by Gasteiger charge is 2.51. The van der Waals surface area contributed by atoms with Gasteiger partial charge in [-0.2, -0.15) is 8.42 Å². The fourth-order valence-corrected chi connectivity index (χ4v) is 4.62. The van der Waals surface area contributed by atoms with Crippen LogP contribution in [-0.4, -0.2) is 57.9 Å². The smallest absolute Gasteiger partial charge is 0.297 e. The Morgan fingerprint density at radius 2 is 1.73 bits per heavy atom. The summed E-state index contributed by atoms with van der Waals surface area (Å²) in [5.41, 5.74) is 1.69. The zero-order chi connectivity index (χ0) is 21.3. The molecule has 4 rings (SSSR count). The summed E-state index contributed by atoms with van der Waals surface area (Å²) in [6.45, 7) is 2.00. The average molecular weight is 436 g/mol. The number of ether oxygens (including phenoxy) is 4. The van der Waals surface area contributed by atoms with E-state index in [-0.39, 0.29) is 11.5 Å². The molecule has 0 spiro atoms. The van der Waals surface area contributed by atoms with Gasteiger partial charge in [-0.25, -0.2) is 0 Å². The molecule has 0 unspecified atom stereocenters. The number of methoxy groups -OCH3 is 1. The molecular formula is C21H24O8S. The molecule has 2 aromatic rings. The predicted molar refractivity (Wildman–Crippen MR) is 105 cm³/mol. The van der Waals surface area contributed by atoms with Gasteiger partial charge in [0.15, 0.2) is 18.7 Å². The molecule has 0 aromatic heterocycles. The van der Waals surface area contributed by atoms with E-state index in [0.717, 1.165) is 11.1 Å². The Morgan fingerprint density at radius 1 is 1.03 bits per heavy atom. The van der Waals surface area contributed by atoms with Crippen LogP contribution in [0.3, 0.4) is 0 Å². The van der Waals surface area contributed by atoms with Gasteiger partial charge >= 0.3 is 0 Å². The van der Waals surface area contributed by atoms with Crippen molar-refractivity contribution in [3.05, 3.63) is 65.7 Å². The van der Waals surface area contributed by atoms with Crippen molar-refractivity contribution < 1.29 is 36.7 Å². The molecule has 162 valence electrons. The summed E-state index contributed by atoms with van der Waals surface area (Å²) < 4.78 is 53.5. The number of aryl methyl sites for hydroxylation is 1. The average Bonchev–Trinajstić information content (AvgIpc) is 2.76. The normalized spacial score (nSPS) is 31.8. The van der Waals surface area contributed by atoms with E-state index in [9.17, 15) is 13.5 Å². The van der Waals surface area contributed by atoms with Crippen molar-refractivity contribution in [3.8, 4) is 0 Å². The van der Waals surface area contributed by atoms with Crippen LogP contribution in [0.4, 0.5) is 0 Å². The summed E-state index contributed by atoms with van der Waals surface area (Å²) in [6.07, 6.45) is -5.93. The number of aliphatic hydroxyl groups is 1. The molecule has 2 fully saturated rings. The van der Waals surface area contributed by atoms with E-state index >= 15 is 0 Å². The van der Waals surface area contributed by atoms with E-state index in [4.69, 9.17) is 23.1 Å². The van der Waals surface area contributed by atoms with Gasteiger partial charge in [0.2, 0.25) is 0 Å². The van der Waals surface area contributed by atoms with Crippen LogP contribution < -0.4 is 0 Å². The molecule has 8 nitrogen and oxygen atoms in total. The second-order valence-corrected chi connectivity index (χ2v) is 8.85. The van der Waals surface area contributed by atoms with E-state index < -0.39 is 47.1 Å². The SMILES string of the molecule is CO[C@@H]1O[C@@H]2CO[C@H](c3ccccc3)O[C@@H]2[C@@H](O)[C@@H]1OS(=O)(=O)c1ccc(C)cc1. The lowest BCUT2D eigenvalue weighted by Crippen LogP contribution is -2.63. The van der Waals surface area contributed by atoms with Crippen LogP contribution in [-0.2, 0) is 33.2 Å². The van der Waals surface area contributed by atoms with Crippen LogP contribution in [0.25, 0.3) is 0 Å². The molecule has 2 saturated heterocycles. The monoisotopic (exact) mass is 436 g/mol. The summed E-state index contributed by atoms with van der Waals surface area (Å²) in [5.74, 6) is 0. The molecule has 1 N–H and O–H groups in total. The first-order chi connectivity index (χ1) is 14.4. The Kier molecular flexibility index (Phi) is 6.21. The topological polar surface area (TPSA) is 101 Å². The van der Waals surface area contributed by atoms with Crippen molar-refractivity contribution in [2.24, 2.45) is 0 Å². The Bertz CT molecular complexity index is 947. The molecule has 0 amide bonds. The second kappa shape index (κ2) is 8.72. The molecule has 30 heavy (non-hydrogen) atoms. The summed E-state index contributed by atoms with van der Waals surface area (Å²) >= 11 is 0.